The second-order valence-corrected chi connectivity index (χ2v) is 5.39. The molecule has 0 aliphatic rings. The first-order chi connectivity index (χ1) is 12.5. The molecule has 10 nitrogen and oxygen atoms in total. The number of aromatic nitrogens is 4. The van der Waals surface area contributed by atoms with Crippen LogP contribution in [-0.4, -0.2) is 30.2 Å². The second-order valence-electron chi connectivity index (χ2n) is 5.39. The molecule has 0 aliphatic heterocycles. The van der Waals surface area contributed by atoms with Crippen LogP contribution < -0.4 is 11.0 Å². The predicted molar refractivity (Wildman–Crippen MR) is 92.4 cm³/mol. The van der Waals surface area contributed by atoms with Crippen LogP contribution in [0.2, 0.25) is 0 Å². The third-order valence-corrected chi connectivity index (χ3v) is 3.57. The number of carbonyl (C=O) groups is 1. The van der Waals surface area contributed by atoms with Gasteiger partial charge in [0, 0.05) is 31.1 Å². The molecule has 0 spiro atoms. The van der Waals surface area contributed by atoms with Crippen molar-refractivity contribution in [3.05, 3.63) is 69.3 Å². The molecule has 0 radical (unpaired) electrons. The number of nitro groups is 1. The van der Waals surface area contributed by atoms with Crippen LogP contribution in [0, 0.1) is 10.1 Å². The van der Waals surface area contributed by atoms with Gasteiger partial charge < -0.3 is 5.32 Å². The minimum Gasteiger partial charge on any atom is -0.324 e. The molecule has 1 aromatic carbocycles. The Morgan fingerprint density at radius 2 is 2.08 bits per heavy atom. The van der Waals surface area contributed by atoms with Crippen LogP contribution >= 0.6 is 0 Å². The fourth-order valence-electron chi connectivity index (χ4n) is 2.34. The first kappa shape index (κ1) is 17.0. The van der Waals surface area contributed by atoms with E-state index in [4.69, 9.17) is 0 Å². The first-order valence-corrected chi connectivity index (χ1v) is 7.55. The van der Waals surface area contributed by atoms with Crippen molar-refractivity contribution in [3.8, 4) is 11.5 Å². The van der Waals surface area contributed by atoms with Gasteiger partial charge in [-0.05, 0) is 18.2 Å². The van der Waals surface area contributed by atoms with E-state index >= 15 is 0 Å². The lowest BCUT2D eigenvalue weighted by atomic mass is 10.3. The maximum Gasteiger partial charge on any atom is 0.346 e. The molecule has 0 saturated carbocycles. The molecule has 0 atom stereocenters. The van der Waals surface area contributed by atoms with E-state index in [9.17, 15) is 19.7 Å². The van der Waals surface area contributed by atoms with E-state index in [0.717, 1.165) is 4.68 Å². The predicted octanol–water partition coefficient (Wildman–Crippen LogP) is 1.19. The fourth-order valence-corrected chi connectivity index (χ4v) is 2.34. The van der Waals surface area contributed by atoms with E-state index < -0.39 is 16.5 Å². The van der Waals surface area contributed by atoms with Crippen molar-refractivity contribution in [1.82, 2.24) is 19.3 Å². The number of benzene rings is 1. The summed E-state index contributed by atoms with van der Waals surface area (Å²) >= 11 is 0. The highest BCUT2D eigenvalue weighted by molar-refractivity contribution is 5.90. The molecule has 3 rings (SSSR count). The largest absolute Gasteiger partial charge is 0.346 e. The van der Waals surface area contributed by atoms with Crippen molar-refractivity contribution in [2.24, 2.45) is 7.05 Å². The molecule has 0 saturated heterocycles. The van der Waals surface area contributed by atoms with Gasteiger partial charge in [0.15, 0.2) is 5.82 Å². The summed E-state index contributed by atoms with van der Waals surface area (Å²) in [5, 5.41) is 17.4. The zero-order valence-corrected chi connectivity index (χ0v) is 13.7. The average Bonchev–Trinajstić information content (AvgIpc) is 2.91. The molecule has 2 aromatic heterocycles. The number of nitrogens with one attached hydrogen (secondary N) is 1. The minimum absolute atomic E-state index is 0.143. The summed E-state index contributed by atoms with van der Waals surface area (Å²) in [6.45, 7) is -0.331. The lowest BCUT2D eigenvalue weighted by molar-refractivity contribution is -0.384. The second kappa shape index (κ2) is 6.97. The normalized spacial score (nSPS) is 10.5. The van der Waals surface area contributed by atoms with E-state index in [-0.39, 0.29) is 17.9 Å². The van der Waals surface area contributed by atoms with Gasteiger partial charge >= 0.3 is 5.69 Å². The number of nitrogens with zero attached hydrogens (tertiary/aromatic N) is 5. The summed E-state index contributed by atoms with van der Waals surface area (Å²) in [5.74, 6) is -0.197. The molecule has 10 heteroatoms. The third-order valence-electron chi connectivity index (χ3n) is 3.57. The van der Waals surface area contributed by atoms with Crippen LogP contribution in [0.15, 0.2) is 53.5 Å². The van der Waals surface area contributed by atoms with Crippen molar-refractivity contribution in [1.29, 1.82) is 0 Å². The van der Waals surface area contributed by atoms with Gasteiger partial charge in [0.05, 0.1) is 4.92 Å². The molecule has 1 N–H and O–H groups in total. The lowest BCUT2D eigenvalue weighted by Gasteiger charge is -2.04. The Bertz CT molecular complexity index is 1020. The SMILES string of the molecule is Cn1c(-c2ccccn2)nn(CC(=O)Nc2cccc([N+](=O)[O-])c2)c1=O. The van der Waals surface area contributed by atoms with E-state index in [1.807, 2.05) is 0 Å². The molecule has 0 fully saturated rings. The minimum atomic E-state index is -0.557. The number of hydrogen-bond donors (Lipinski definition) is 1. The molecule has 26 heavy (non-hydrogen) atoms. The van der Waals surface area contributed by atoms with Gasteiger partial charge in [-0.2, -0.15) is 0 Å². The summed E-state index contributed by atoms with van der Waals surface area (Å²) in [5.41, 5.74) is 0.151. The summed E-state index contributed by atoms with van der Waals surface area (Å²) in [6.07, 6.45) is 1.58. The smallest absolute Gasteiger partial charge is 0.324 e. The van der Waals surface area contributed by atoms with Gasteiger partial charge in [-0.1, -0.05) is 12.1 Å². The molecule has 2 heterocycles. The van der Waals surface area contributed by atoms with Gasteiger partial charge in [0.25, 0.3) is 5.69 Å². The fraction of sp³-hybridized carbons (Fsp3) is 0.125. The number of non-ortho nitro benzene ring substituents is 1. The monoisotopic (exact) mass is 354 g/mol. The van der Waals surface area contributed by atoms with Gasteiger partial charge in [-0.3, -0.25) is 24.5 Å². The Hall–Kier alpha value is -3.82. The zero-order chi connectivity index (χ0) is 18.7. The van der Waals surface area contributed by atoms with Crippen LogP contribution in [-0.2, 0) is 18.4 Å². The van der Waals surface area contributed by atoms with Crippen molar-refractivity contribution < 1.29 is 9.72 Å². The number of hydrogen-bond acceptors (Lipinski definition) is 6. The van der Waals surface area contributed by atoms with Crippen LogP contribution in [0.25, 0.3) is 11.5 Å². The summed E-state index contributed by atoms with van der Waals surface area (Å²) in [7, 11) is 1.54. The molecule has 132 valence electrons. The lowest BCUT2D eigenvalue weighted by Crippen LogP contribution is -2.29. The Morgan fingerprint density at radius 3 is 2.77 bits per heavy atom. The Kier molecular flexibility index (Phi) is 4.56. The molecule has 0 unspecified atom stereocenters. The number of carbonyl (C=O) groups excluding carboxylic acids is 1. The highest BCUT2D eigenvalue weighted by Crippen LogP contribution is 2.17. The standard InChI is InChI=1S/C16H14N6O4/c1-20-15(13-7-2-3-8-17-13)19-21(16(20)24)10-14(23)18-11-5-4-6-12(9-11)22(25)26/h2-9H,10H2,1H3,(H,18,23). The average molecular weight is 354 g/mol. The van der Waals surface area contributed by atoms with Crippen LogP contribution in [0.1, 0.15) is 0 Å². The number of anilines is 1. The van der Waals surface area contributed by atoms with Crippen molar-refractivity contribution >= 4 is 17.3 Å². The van der Waals surface area contributed by atoms with Crippen LogP contribution in [0.4, 0.5) is 11.4 Å². The van der Waals surface area contributed by atoms with Crippen molar-refractivity contribution in [2.75, 3.05) is 5.32 Å². The van der Waals surface area contributed by atoms with Gasteiger partial charge in [-0.15, -0.1) is 5.10 Å². The topological polar surface area (TPSA) is 125 Å². The number of amides is 1. The molecular formula is C16H14N6O4. The van der Waals surface area contributed by atoms with E-state index in [1.165, 1.54) is 35.9 Å². The molecule has 0 bridgehead atoms. The Labute approximate surface area is 146 Å². The quantitative estimate of drug-likeness (QED) is 0.542. The Morgan fingerprint density at radius 1 is 1.27 bits per heavy atom. The van der Waals surface area contributed by atoms with Gasteiger partial charge in [0.1, 0.15) is 12.2 Å². The third kappa shape index (κ3) is 3.48. The molecule has 0 aliphatic carbocycles. The highest BCUT2D eigenvalue weighted by atomic mass is 16.6. The van der Waals surface area contributed by atoms with E-state index in [0.29, 0.717) is 11.5 Å². The zero-order valence-electron chi connectivity index (χ0n) is 13.7. The van der Waals surface area contributed by atoms with Gasteiger partial charge in [-0.25, -0.2) is 9.48 Å². The molecule has 1 amide bonds. The number of nitro benzene ring substituents is 1. The van der Waals surface area contributed by atoms with E-state index in [1.54, 1.807) is 24.4 Å². The van der Waals surface area contributed by atoms with Crippen molar-refractivity contribution in [2.45, 2.75) is 6.54 Å². The van der Waals surface area contributed by atoms with Crippen molar-refractivity contribution in [3.63, 3.8) is 0 Å². The van der Waals surface area contributed by atoms with Crippen LogP contribution in [0.5, 0.6) is 0 Å². The first-order valence-electron chi connectivity index (χ1n) is 7.55. The van der Waals surface area contributed by atoms with E-state index in [2.05, 4.69) is 15.4 Å². The van der Waals surface area contributed by atoms with Crippen LogP contribution in [0.3, 0.4) is 0 Å². The maximum atomic E-state index is 12.3. The summed E-state index contributed by atoms with van der Waals surface area (Å²) in [6, 6.07) is 10.7. The maximum absolute atomic E-state index is 12.3. The summed E-state index contributed by atoms with van der Waals surface area (Å²) in [4.78, 5) is 38.8. The molecule has 3 aromatic rings. The van der Waals surface area contributed by atoms with Gasteiger partial charge in [0.2, 0.25) is 5.91 Å². The molecular weight excluding hydrogens is 340 g/mol. The number of pyridine rings is 1. The summed E-state index contributed by atoms with van der Waals surface area (Å²) < 4.78 is 2.31. The number of rotatable bonds is 5. The Balaban J connectivity index is 1.79. The highest BCUT2D eigenvalue weighted by Gasteiger charge is 2.16.